The Bertz CT molecular complexity index is 290. The van der Waals surface area contributed by atoms with Gasteiger partial charge in [0.25, 0.3) is 0 Å². The van der Waals surface area contributed by atoms with E-state index in [-0.39, 0.29) is 24.8 Å². The lowest BCUT2D eigenvalue weighted by Crippen LogP contribution is -2.41. The van der Waals surface area contributed by atoms with E-state index in [1.807, 2.05) is 0 Å². The molecule has 1 saturated heterocycles. The third-order valence-corrected chi connectivity index (χ3v) is 2.16. The van der Waals surface area contributed by atoms with Crippen molar-refractivity contribution in [3.63, 3.8) is 0 Å². The molecule has 0 saturated carbocycles. The maximum atomic E-state index is 11.2. The molecule has 0 radical (unpaired) electrons. The summed E-state index contributed by atoms with van der Waals surface area (Å²) >= 11 is 0. The third kappa shape index (κ3) is 3.02. The van der Waals surface area contributed by atoms with Crippen molar-refractivity contribution in [1.82, 2.24) is 10.2 Å². The summed E-state index contributed by atoms with van der Waals surface area (Å²) in [5, 5.41) is 2.18. The zero-order valence-electron chi connectivity index (χ0n) is 8.78. The van der Waals surface area contributed by atoms with Gasteiger partial charge >= 0.3 is 5.97 Å². The standard InChI is InChI=1S/C9H14N2O4/c1-3-15-8(13)5-11(2)6-4-7(12)10-9(6)14/h6H,3-5H2,1-2H3,(H,10,12,14). The molecule has 84 valence electrons. The van der Waals surface area contributed by atoms with Crippen molar-refractivity contribution < 1.29 is 19.1 Å². The maximum absolute atomic E-state index is 11.2. The monoisotopic (exact) mass is 214 g/mol. The lowest BCUT2D eigenvalue weighted by Gasteiger charge is -2.19. The fourth-order valence-electron chi connectivity index (χ4n) is 1.42. The van der Waals surface area contributed by atoms with Gasteiger partial charge in [-0.2, -0.15) is 0 Å². The molecule has 0 aromatic rings. The normalized spacial score (nSPS) is 20.6. The fraction of sp³-hybridized carbons (Fsp3) is 0.667. The summed E-state index contributed by atoms with van der Waals surface area (Å²) in [7, 11) is 1.61. The van der Waals surface area contributed by atoms with Crippen LogP contribution in [0.4, 0.5) is 0 Å². The van der Waals surface area contributed by atoms with Crippen molar-refractivity contribution >= 4 is 17.8 Å². The minimum Gasteiger partial charge on any atom is -0.465 e. The van der Waals surface area contributed by atoms with Crippen LogP contribution in [0.25, 0.3) is 0 Å². The molecule has 0 aromatic carbocycles. The topological polar surface area (TPSA) is 75.7 Å². The highest BCUT2D eigenvalue weighted by atomic mass is 16.5. The highest BCUT2D eigenvalue weighted by Gasteiger charge is 2.34. The van der Waals surface area contributed by atoms with Crippen LogP contribution in [0.2, 0.25) is 0 Å². The lowest BCUT2D eigenvalue weighted by molar-refractivity contribution is -0.145. The van der Waals surface area contributed by atoms with E-state index in [1.54, 1.807) is 14.0 Å². The second-order valence-electron chi connectivity index (χ2n) is 3.35. The van der Waals surface area contributed by atoms with Gasteiger partial charge in [0.2, 0.25) is 11.8 Å². The second-order valence-corrected chi connectivity index (χ2v) is 3.35. The average Bonchev–Trinajstić information content (AvgIpc) is 2.45. The largest absolute Gasteiger partial charge is 0.465 e. The van der Waals surface area contributed by atoms with E-state index in [4.69, 9.17) is 4.74 Å². The minimum absolute atomic E-state index is 0.0131. The van der Waals surface area contributed by atoms with E-state index in [0.29, 0.717) is 6.61 Å². The summed E-state index contributed by atoms with van der Waals surface area (Å²) in [6, 6.07) is -0.554. The SMILES string of the molecule is CCOC(=O)CN(C)C1CC(=O)NC1=O. The summed E-state index contributed by atoms with van der Waals surface area (Å²) < 4.78 is 4.74. The van der Waals surface area contributed by atoms with Gasteiger partial charge in [-0.15, -0.1) is 0 Å². The van der Waals surface area contributed by atoms with Crippen LogP contribution < -0.4 is 5.32 Å². The molecule has 1 atom stereocenters. The fourth-order valence-corrected chi connectivity index (χ4v) is 1.42. The number of hydrogen-bond donors (Lipinski definition) is 1. The maximum Gasteiger partial charge on any atom is 0.320 e. The van der Waals surface area contributed by atoms with Crippen LogP contribution in [0.5, 0.6) is 0 Å². The van der Waals surface area contributed by atoms with E-state index in [0.717, 1.165) is 0 Å². The molecule has 1 unspecified atom stereocenters. The molecule has 0 aromatic heterocycles. The number of nitrogens with one attached hydrogen (secondary N) is 1. The van der Waals surface area contributed by atoms with Crippen LogP contribution in [-0.4, -0.2) is 48.9 Å². The Labute approximate surface area is 87.6 Å². The van der Waals surface area contributed by atoms with E-state index in [2.05, 4.69) is 5.32 Å². The highest BCUT2D eigenvalue weighted by molar-refractivity contribution is 6.05. The Morgan fingerprint density at radius 3 is 2.73 bits per heavy atom. The Morgan fingerprint density at radius 2 is 2.27 bits per heavy atom. The second kappa shape index (κ2) is 4.88. The molecule has 2 amide bonds. The third-order valence-electron chi connectivity index (χ3n) is 2.16. The van der Waals surface area contributed by atoms with E-state index in [9.17, 15) is 14.4 Å². The van der Waals surface area contributed by atoms with Crippen LogP contribution in [0.1, 0.15) is 13.3 Å². The number of ether oxygens (including phenoxy) is 1. The first-order valence-corrected chi connectivity index (χ1v) is 4.74. The molecule has 1 aliphatic heterocycles. The molecule has 15 heavy (non-hydrogen) atoms. The van der Waals surface area contributed by atoms with Crippen molar-refractivity contribution in [3.8, 4) is 0 Å². The van der Waals surface area contributed by atoms with Crippen LogP contribution >= 0.6 is 0 Å². The van der Waals surface area contributed by atoms with Gasteiger partial charge in [0.1, 0.15) is 0 Å². The van der Waals surface area contributed by atoms with Gasteiger partial charge in [0.05, 0.1) is 25.6 Å². The van der Waals surface area contributed by atoms with Gasteiger partial charge in [0.15, 0.2) is 0 Å². The van der Waals surface area contributed by atoms with Gasteiger partial charge < -0.3 is 4.74 Å². The highest BCUT2D eigenvalue weighted by Crippen LogP contribution is 2.08. The van der Waals surface area contributed by atoms with Crippen molar-refractivity contribution in [3.05, 3.63) is 0 Å². The van der Waals surface area contributed by atoms with Crippen molar-refractivity contribution in [2.24, 2.45) is 0 Å². The molecule has 0 spiro atoms. The molecular weight excluding hydrogens is 200 g/mol. The average molecular weight is 214 g/mol. The summed E-state index contributed by atoms with van der Waals surface area (Å²) in [5.41, 5.74) is 0. The quantitative estimate of drug-likeness (QED) is 0.474. The minimum atomic E-state index is -0.554. The summed E-state index contributed by atoms with van der Waals surface area (Å²) in [6.07, 6.45) is 0.106. The number of rotatable bonds is 4. The van der Waals surface area contributed by atoms with Gasteiger partial charge in [-0.3, -0.25) is 24.6 Å². The zero-order chi connectivity index (χ0) is 11.4. The number of esters is 1. The number of hydrogen-bond acceptors (Lipinski definition) is 5. The molecule has 0 aliphatic carbocycles. The Balaban J connectivity index is 2.46. The lowest BCUT2D eigenvalue weighted by atomic mass is 10.2. The first-order valence-electron chi connectivity index (χ1n) is 4.74. The molecule has 1 rings (SSSR count). The number of likely N-dealkylation sites (N-methyl/N-ethyl adjacent to an activating group) is 1. The van der Waals surface area contributed by atoms with Crippen LogP contribution in [0.3, 0.4) is 0 Å². The number of nitrogens with zero attached hydrogens (tertiary/aromatic N) is 1. The molecule has 1 heterocycles. The Hall–Kier alpha value is -1.43. The predicted octanol–water partition coefficient (Wildman–Crippen LogP) is -1.10. The molecule has 1 N–H and O–H groups in total. The summed E-state index contributed by atoms with van der Waals surface area (Å²) in [6.45, 7) is 2.03. The smallest absolute Gasteiger partial charge is 0.320 e. The zero-order valence-corrected chi connectivity index (χ0v) is 8.78. The Kier molecular flexibility index (Phi) is 3.79. The van der Waals surface area contributed by atoms with Crippen molar-refractivity contribution in [1.29, 1.82) is 0 Å². The van der Waals surface area contributed by atoms with Gasteiger partial charge in [-0.05, 0) is 14.0 Å². The summed E-state index contributed by atoms with van der Waals surface area (Å²) in [5.74, 6) is -1.06. The first-order chi connectivity index (χ1) is 7.04. The van der Waals surface area contributed by atoms with Crippen LogP contribution in [0.15, 0.2) is 0 Å². The first kappa shape index (κ1) is 11.6. The Morgan fingerprint density at radius 1 is 1.60 bits per heavy atom. The number of amides is 2. The van der Waals surface area contributed by atoms with Gasteiger partial charge in [0, 0.05) is 0 Å². The number of imide groups is 1. The van der Waals surface area contributed by atoms with E-state index in [1.165, 1.54) is 4.90 Å². The van der Waals surface area contributed by atoms with Crippen LogP contribution in [0, 0.1) is 0 Å². The molecule has 1 fully saturated rings. The molecule has 1 aliphatic rings. The molecule has 6 nitrogen and oxygen atoms in total. The van der Waals surface area contributed by atoms with Crippen molar-refractivity contribution in [2.75, 3.05) is 20.2 Å². The predicted molar refractivity (Wildman–Crippen MR) is 50.8 cm³/mol. The van der Waals surface area contributed by atoms with Gasteiger partial charge in [-0.1, -0.05) is 0 Å². The van der Waals surface area contributed by atoms with Crippen LogP contribution in [-0.2, 0) is 19.1 Å². The molecule has 0 bridgehead atoms. The summed E-state index contributed by atoms with van der Waals surface area (Å²) in [4.78, 5) is 34.8. The molecular formula is C9H14N2O4. The van der Waals surface area contributed by atoms with E-state index < -0.39 is 12.0 Å². The molecule has 6 heteroatoms. The van der Waals surface area contributed by atoms with Gasteiger partial charge in [-0.25, -0.2) is 0 Å². The van der Waals surface area contributed by atoms with E-state index >= 15 is 0 Å². The number of carbonyl (C=O) groups excluding carboxylic acids is 3. The number of carbonyl (C=O) groups is 3. The van der Waals surface area contributed by atoms with Crippen molar-refractivity contribution in [2.45, 2.75) is 19.4 Å².